The number of hydrogen-bond acceptors (Lipinski definition) is 14. The van der Waals surface area contributed by atoms with Gasteiger partial charge in [-0.05, 0) is 201 Å². The molecule has 0 N–H and O–H groups in total. The van der Waals surface area contributed by atoms with Crippen LogP contribution in [0.15, 0.2) is 48.5 Å². The maximum atomic E-state index is 12.9. The van der Waals surface area contributed by atoms with Gasteiger partial charge in [0.15, 0.2) is 5.12 Å². The first kappa shape index (κ1) is 58.3. The van der Waals surface area contributed by atoms with E-state index in [1.54, 1.807) is 25.8 Å². The zero-order valence-corrected chi connectivity index (χ0v) is 48.0. The van der Waals surface area contributed by atoms with Crippen molar-refractivity contribution >= 4 is 69.4 Å². The highest BCUT2D eigenvalue weighted by Gasteiger charge is 2.58. The van der Waals surface area contributed by atoms with E-state index in [9.17, 15) is 19.2 Å². The van der Waals surface area contributed by atoms with Crippen molar-refractivity contribution in [1.82, 2.24) is 0 Å². The highest BCUT2D eigenvalue weighted by molar-refractivity contribution is 8.14. The molecule has 0 amide bonds. The van der Waals surface area contributed by atoms with E-state index in [0.717, 1.165) is 134 Å². The fourth-order valence-electron chi connectivity index (χ4n) is 13.3. The fourth-order valence-corrected chi connectivity index (χ4v) is 17.1. The molecule has 12 atom stereocenters. The molecule has 0 spiro atoms. The predicted octanol–water partition coefficient (Wildman–Crippen LogP) is 13.9. The van der Waals surface area contributed by atoms with Crippen LogP contribution in [0.2, 0.25) is 0 Å². The van der Waals surface area contributed by atoms with Gasteiger partial charge in [-0.25, -0.2) is 4.79 Å². The minimum absolute atomic E-state index is 0.0492. The van der Waals surface area contributed by atoms with Gasteiger partial charge in [-0.15, -0.1) is 0 Å². The lowest BCUT2D eigenvalue weighted by Gasteiger charge is -2.31. The molecule has 6 aliphatic rings. The van der Waals surface area contributed by atoms with Crippen LogP contribution >= 0.6 is 47.0 Å². The Kier molecular flexibility index (Phi) is 23.5. The number of benzene rings is 2. The molecule has 406 valence electrons. The van der Waals surface area contributed by atoms with Crippen LogP contribution in [-0.2, 0) is 38.7 Å². The minimum atomic E-state index is -0.196. The molecule has 6 fully saturated rings. The summed E-state index contributed by atoms with van der Waals surface area (Å²) in [6.07, 6.45) is 17.6. The van der Waals surface area contributed by atoms with E-state index in [1.165, 1.54) is 55.9 Å². The van der Waals surface area contributed by atoms with Crippen LogP contribution in [0.25, 0.3) is 0 Å². The Bertz CT molecular complexity index is 2030. The summed E-state index contributed by atoms with van der Waals surface area (Å²) in [5.41, 5.74) is 2.18. The van der Waals surface area contributed by atoms with Crippen molar-refractivity contribution in [2.24, 2.45) is 47.3 Å². The molecule has 6 aliphatic carbocycles. The van der Waals surface area contributed by atoms with E-state index in [0.29, 0.717) is 66.3 Å². The standard InChI is InChI=1S/C36H48O6S2.C23H38O4S2/c1-5-34(37)41-17-7-19-43-18-6-16-40-33-21-24-20-32(33)31-23-29(22-30(24)31)44-35(38)42-28-14-10-26(11-15-28)36(2,3)25-8-12-27(39-4)13-9-25;1-3-4-7-23(25)27-9-6-11-28-10-5-8-26-22-13-17-12-21(22)20-15-18(14-19(17)20)29-16(2)24/h8-15,24,29-33H,5-7,16-23H2,1-4H3;17-22H,3-15H2,1-2H3. The molecule has 0 aliphatic heterocycles. The SMILES string of the molecule is CCC(=O)OCCCSCCCOC1CC2CC1C1CC(SC(=O)Oc3ccc(C(C)(C)c4ccc(OC)cc4)cc3)CC21.CCCCC(=O)OCCCSCCCOC1CC2CC1C1CC(SC(C)=O)CC21. The lowest BCUT2D eigenvalue weighted by atomic mass is 9.78. The maximum absolute atomic E-state index is 12.9. The molecular formula is C59H86O10S4. The van der Waals surface area contributed by atoms with E-state index in [-0.39, 0.29) is 27.8 Å². The molecule has 12 unspecified atom stereocenters. The lowest BCUT2D eigenvalue weighted by Crippen LogP contribution is -2.30. The Morgan fingerprint density at radius 2 is 1.01 bits per heavy atom. The third-order valence-electron chi connectivity index (χ3n) is 16.9. The Labute approximate surface area is 454 Å². The van der Waals surface area contributed by atoms with E-state index in [1.807, 2.05) is 54.7 Å². The summed E-state index contributed by atoms with van der Waals surface area (Å²) in [5.74, 6) is 11.6. The van der Waals surface area contributed by atoms with Crippen LogP contribution in [0, 0.1) is 47.3 Å². The van der Waals surface area contributed by atoms with E-state index in [4.69, 9.17) is 28.4 Å². The Balaban J connectivity index is 0.000000233. The van der Waals surface area contributed by atoms with Crippen LogP contribution in [0.4, 0.5) is 4.79 Å². The number of hydrogen-bond donors (Lipinski definition) is 0. The molecular weight excluding hydrogens is 997 g/mol. The number of carbonyl (C=O) groups excluding carboxylic acids is 4. The highest BCUT2D eigenvalue weighted by atomic mass is 32.2. The van der Waals surface area contributed by atoms with Crippen LogP contribution in [0.1, 0.15) is 148 Å². The van der Waals surface area contributed by atoms with Gasteiger partial charge in [-0.2, -0.15) is 23.5 Å². The predicted molar refractivity (Wildman–Crippen MR) is 300 cm³/mol. The van der Waals surface area contributed by atoms with Gasteiger partial charge in [0.05, 0.1) is 32.5 Å². The highest BCUT2D eigenvalue weighted by Crippen LogP contribution is 2.62. The van der Waals surface area contributed by atoms with Crippen molar-refractivity contribution in [3.8, 4) is 11.5 Å². The first-order chi connectivity index (χ1) is 35.4. The zero-order chi connectivity index (χ0) is 51.7. The average Bonchev–Trinajstić information content (AvgIpc) is 4.25. The zero-order valence-electron chi connectivity index (χ0n) is 44.7. The van der Waals surface area contributed by atoms with E-state index >= 15 is 0 Å². The van der Waals surface area contributed by atoms with Gasteiger partial charge in [0.25, 0.3) is 0 Å². The number of fused-ring (bicyclic) bond motifs is 10. The second-order valence-corrected chi connectivity index (χ2v) is 27.1. The van der Waals surface area contributed by atoms with Crippen molar-refractivity contribution in [3.05, 3.63) is 59.7 Å². The van der Waals surface area contributed by atoms with Crippen LogP contribution < -0.4 is 9.47 Å². The third kappa shape index (κ3) is 16.8. The number of rotatable bonds is 28. The largest absolute Gasteiger partial charge is 0.497 e. The maximum Gasteiger partial charge on any atom is 0.372 e. The molecule has 0 heterocycles. The number of ether oxygens (including phenoxy) is 6. The van der Waals surface area contributed by atoms with Gasteiger partial charge >= 0.3 is 17.2 Å². The fraction of sp³-hybridized carbons (Fsp3) is 0.729. The summed E-state index contributed by atoms with van der Waals surface area (Å²) in [6, 6.07) is 16.1. The summed E-state index contributed by atoms with van der Waals surface area (Å²) < 4.78 is 34.1. The summed E-state index contributed by atoms with van der Waals surface area (Å²) in [4.78, 5) is 46.9. The lowest BCUT2D eigenvalue weighted by molar-refractivity contribution is -0.144. The van der Waals surface area contributed by atoms with Crippen molar-refractivity contribution in [3.63, 3.8) is 0 Å². The van der Waals surface area contributed by atoms with Crippen molar-refractivity contribution in [2.75, 3.05) is 56.5 Å². The summed E-state index contributed by atoms with van der Waals surface area (Å²) in [7, 11) is 1.68. The molecule has 14 heteroatoms. The molecule has 6 saturated carbocycles. The van der Waals surface area contributed by atoms with Crippen molar-refractivity contribution in [1.29, 1.82) is 0 Å². The molecule has 8 rings (SSSR count). The smallest absolute Gasteiger partial charge is 0.372 e. The summed E-state index contributed by atoms with van der Waals surface area (Å²) >= 11 is 6.82. The first-order valence-electron chi connectivity index (χ1n) is 27.9. The Morgan fingerprint density at radius 3 is 1.49 bits per heavy atom. The quantitative estimate of drug-likeness (QED) is 0.0593. The van der Waals surface area contributed by atoms with Gasteiger partial charge in [-0.3, -0.25) is 14.4 Å². The minimum Gasteiger partial charge on any atom is -0.497 e. The van der Waals surface area contributed by atoms with Gasteiger partial charge < -0.3 is 28.4 Å². The molecule has 0 saturated heterocycles. The monoisotopic (exact) mass is 1080 g/mol. The number of carbonyl (C=O) groups is 4. The summed E-state index contributed by atoms with van der Waals surface area (Å²) in [5, 5.41) is 0.984. The Hall–Kier alpha value is -2.36. The first-order valence-corrected chi connectivity index (χ1v) is 31.9. The summed E-state index contributed by atoms with van der Waals surface area (Å²) in [6.45, 7) is 12.8. The number of thioether (sulfide) groups is 4. The molecule has 4 bridgehead atoms. The van der Waals surface area contributed by atoms with E-state index < -0.39 is 0 Å². The second-order valence-electron chi connectivity index (χ2n) is 21.9. The van der Waals surface area contributed by atoms with Gasteiger partial charge in [0, 0.05) is 48.9 Å². The molecule has 0 radical (unpaired) electrons. The van der Waals surface area contributed by atoms with Crippen molar-refractivity contribution in [2.45, 2.75) is 165 Å². The Morgan fingerprint density at radius 1 is 0.548 bits per heavy atom. The second kappa shape index (κ2) is 29.4. The molecule has 2 aromatic carbocycles. The molecule has 2 aromatic rings. The number of unbranched alkanes of at least 4 members (excludes halogenated alkanes) is 1. The van der Waals surface area contributed by atoms with E-state index in [2.05, 4.69) is 45.0 Å². The van der Waals surface area contributed by atoms with Crippen molar-refractivity contribution < 1.29 is 47.6 Å². The van der Waals surface area contributed by atoms with Gasteiger partial charge in [0.2, 0.25) is 0 Å². The van der Waals surface area contributed by atoms with Gasteiger partial charge in [0.1, 0.15) is 11.5 Å². The average molecular weight is 1080 g/mol. The van der Waals surface area contributed by atoms with Crippen LogP contribution in [0.5, 0.6) is 11.5 Å². The normalized spacial score (nSPS) is 28.3. The van der Waals surface area contributed by atoms with Crippen LogP contribution in [-0.4, -0.2) is 102 Å². The van der Waals surface area contributed by atoms with Crippen LogP contribution in [0.3, 0.4) is 0 Å². The molecule has 0 aromatic heterocycles. The number of methoxy groups -OCH3 is 1. The van der Waals surface area contributed by atoms with Gasteiger partial charge in [-0.1, -0.05) is 70.1 Å². The topological polar surface area (TPSA) is 124 Å². The molecule has 73 heavy (non-hydrogen) atoms. The third-order valence-corrected chi connectivity index (χ3v) is 21.2. The molecule has 10 nitrogen and oxygen atoms in total. The number of esters is 2.